The van der Waals surface area contributed by atoms with Gasteiger partial charge in [0.2, 0.25) is 0 Å². The second-order valence-electron chi connectivity index (χ2n) is 3.81. The fourth-order valence-electron chi connectivity index (χ4n) is 2.04. The van der Waals surface area contributed by atoms with Crippen molar-refractivity contribution in [1.82, 2.24) is 0 Å². The number of nitrogens with two attached hydrogens (primary N) is 1. The Hall–Kier alpha value is -0.240. The van der Waals surface area contributed by atoms with E-state index in [0.717, 1.165) is 23.4 Å². The lowest BCUT2D eigenvalue weighted by Crippen LogP contribution is -2.10. The standard InChI is InChI=1S/C11H13Cl2N/c12-7-5-9-8(10(13)6-7)3-1-2-4-11(9)14/h5-6,11H,1-4,14H2/t11-/m0/s1. The average molecular weight is 230 g/mol. The van der Waals surface area contributed by atoms with Gasteiger partial charge in [0.1, 0.15) is 0 Å². The fraction of sp³-hybridized carbons (Fsp3) is 0.455. The van der Waals surface area contributed by atoms with Gasteiger partial charge < -0.3 is 5.73 Å². The van der Waals surface area contributed by atoms with Gasteiger partial charge in [0.25, 0.3) is 0 Å². The maximum Gasteiger partial charge on any atom is 0.0456 e. The zero-order valence-corrected chi connectivity index (χ0v) is 9.41. The molecule has 1 aromatic rings. The Labute approximate surface area is 94.2 Å². The van der Waals surface area contributed by atoms with E-state index in [2.05, 4.69) is 0 Å². The zero-order valence-electron chi connectivity index (χ0n) is 7.89. The SMILES string of the molecule is N[C@H]1CCCCc2c(Cl)cc(Cl)cc21. The van der Waals surface area contributed by atoms with E-state index in [1.54, 1.807) is 6.07 Å². The van der Waals surface area contributed by atoms with Gasteiger partial charge in [-0.05, 0) is 42.5 Å². The molecule has 0 bridgehead atoms. The van der Waals surface area contributed by atoms with Crippen LogP contribution in [0.25, 0.3) is 0 Å². The number of halogens is 2. The summed E-state index contributed by atoms with van der Waals surface area (Å²) in [4.78, 5) is 0. The summed E-state index contributed by atoms with van der Waals surface area (Å²) in [6.45, 7) is 0. The van der Waals surface area contributed by atoms with Crippen molar-refractivity contribution >= 4 is 23.2 Å². The summed E-state index contributed by atoms with van der Waals surface area (Å²) in [6.07, 6.45) is 4.40. The highest BCUT2D eigenvalue weighted by Gasteiger charge is 2.17. The highest BCUT2D eigenvalue weighted by atomic mass is 35.5. The lowest BCUT2D eigenvalue weighted by atomic mass is 10.00. The van der Waals surface area contributed by atoms with E-state index in [-0.39, 0.29) is 6.04 Å². The molecule has 3 heteroatoms. The van der Waals surface area contributed by atoms with Crippen molar-refractivity contribution in [2.75, 3.05) is 0 Å². The molecule has 0 saturated carbocycles. The van der Waals surface area contributed by atoms with Crippen LogP contribution in [0.1, 0.15) is 36.4 Å². The minimum Gasteiger partial charge on any atom is -0.324 e. The Kier molecular flexibility index (Phi) is 3.01. The smallest absolute Gasteiger partial charge is 0.0456 e. The molecule has 0 aliphatic heterocycles. The average Bonchev–Trinajstić information content (AvgIpc) is 2.29. The number of fused-ring (bicyclic) bond motifs is 1. The molecule has 0 radical (unpaired) electrons. The summed E-state index contributed by atoms with van der Waals surface area (Å²) in [6, 6.07) is 3.86. The Morgan fingerprint density at radius 2 is 2.00 bits per heavy atom. The lowest BCUT2D eigenvalue weighted by Gasteiger charge is -2.14. The van der Waals surface area contributed by atoms with E-state index in [9.17, 15) is 0 Å². The highest BCUT2D eigenvalue weighted by molar-refractivity contribution is 6.35. The van der Waals surface area contributed by atoms with Crippen molar-refractivity contribution in [3.8, 4) is 0 Å². The van der Waals surface area contributed by atoms with Crippen LogP contribution in [0.4, 0.5) is 0 Å². The Balaban J connectivity index is 2.53. The molecule has 1 aromatic carbocycles. The Morgan fingerprint density at radius 3 is 2.79 bits per heavy atom. The summed E-state index contributed by atoms with van der Waals surface area (Å²) in [5.41, 5.74) is 8.40. The molecule has 0 fully saturated rings. The van der Waals surface area contributed by atoms with E-state index in [4.69, 9.17) is 28.9 Å². The van der Waals surface area contributed by atoms with Crippen LogP contribution in [-0.2, 0) is 6.42 Å². The molecule has 0 saturated heterocycles. The van der Waals surface area contributed by atoms with E-state index >= 15 is 0 Å². The zero-order chi connectivity index (χ0) is 10.1. The van der Waals surface area contributed by atoms with Crippen LogP contribution < -0.4 is 5.73 Å². The maximum atomic E-state index is 6.15. The molecule has 76 valence electrons. The second-order valence-corrected chi connectivity index (χ2v) is 4.65. The Morgan fingerprint density at radius 1 is 1.21 bits per heavy atom. The third-order valence-electron chi connectivity index (χ3n) is 2.79. The molecule has 2 rings (SSSR count). The third kappa shape index (κ3) is 1.90. The molecule has 1 aliphatic rings. The molecule has 0 amide bonds. The topological polar surface area (TPSA) is 26.0 Å². The summed E-state index contributed by atoms with van der Waals surface area (Å²) in [5, 5.41) is 1.45. The largest absolute Gasteiger partial charge is 0.324 e. The monoisotopic (exact) mass is 229 g/mol. The summed E-state index contributed by atoms with van der Waals surface area (Å²) < 4.78 is 0. The summed E-state index contributed by atoms with van der Waals surface area (Å²) in [5.74, 6) is 0. The normalized spacial score (nSPS) is 21.5. The Bertz CT molecular complexity index is 349. The van der Waals surface area contributed by atoms with E-state index in [1.807, 2.05) is 6.07 Å². The van der Waals surface area contributed by atoms with E-state index in [0.29, 0.717) is 5.02 Å². The molecule has 0 heterocycles. The predicted octanol–water partition coefficient (Wildman–Crippen LogP) is 3.72. The number of rotatable bonds is 0. The van der Waals surface area contributed by atoms with Crippen LogP contribution in [0, 0.1) is 0 Å². The molecular formula is C11H13Cl2N. The first-order valence-electron chi connectivity index (χ1n) is 4.92. The van der Waals surface area contributed by atoms with Gasteiger partial charge >= 0.3 is 0 Å². The van der Waals surface area contributed by atoms with Crippen molar-refractivity contribution in [1.29, 1.82) is 0 Å². The van der Waals surface area contributed by atoms with E-state index in [1.165, 1.54) is 18.4 Å². The number of hydrogen-bond acceptors (Lipinski definition) is 1. The van der Waals surface area contributed by atoms with Crippen molar-refractivity contribution in [3.05, 3.63) is 33.3 Å². The van der Waals surface area contributed by atoms with Gasteiger partial charge in [-0.15, -0.1) is 0 Å². The van der Waals surface area contributed by atoms with Crippen LogP contribution in [0.5, 0.6) is 0 Å². The first-order valence-corrected chi connectivity index (χ1v) is 5.67. The van der Waals surface area contributed by atoms with Gasteiger partial charge in [-0.1, -0.05) is 29.6 Å². The van der Waals surface area contributed by atoms with E-state index < -0.39 is 0 Å². The first-order chi connectivity index (χ1) is 6.68. The fourth-order valence-corrected chi connectivity index (χ4v) is 2.64. The quantitative estimate of drug-likeness (QED) is 0.675. The van der Waals surface area contributed by atoms with Crippen LogP contribution in [0.15, 0.2) is 12.1 Å². The molecule has 2 N–H and O–H groups in total. The van der Waals surface area contributed by atoms with Crippen molar-refractivity contribution in [2.45, 2.75) is 31.7 Å². The minimum absolute atomic E-state index is 0.101. The third-order valence-corrected chi connectivity index (χ3v) is 3.34. The molecule has 14 heavy (non-hydrogen) atoms. The number of hydrogen-bond donors (Lipinski definition) is 1. The van der Waals surface area contributed by atoms with Crippen molar-refractivity contribution in [3.63, 3.8) is 0 Å². The molecule has 0 unspecified atom stereocenters. The van der Waals surface area contributed by atoms with Gasteiger partial charge in [0, 0.05) is 16.1 Å². The van der Waals surface area contributed by atoms with Gasteiger partial charge in [-0.25, -0.2) is 0 Å². The molecule has 1 aliphatic carbocycles. The summed E-state index contributed by atoms with van der Waals surface area (Å²) >= 11 is 12.1. The molecule has 1 nitrogen and oxygen atoms in total. The molecule has 0 spiro atoms. The van der Waals surface area contributed by atoms with Gasteiger partial charge in [0.15, 0.2) is 0 Å². The molecular weight excluding hydrogens is 217 g/mol. The maximum absolute atomic E-state index is 6.15. The van der Waals surface area contributed by atoms with Crippen molar-refractivity contribution in [2.24, 2.45) is 5.73 Å². The van der Waals surface area contributed by atoms with Crippen LogP contribution >= 0.6 is 23.2 Å². The van der Waals surface area contributed by atoms with Crippen molar-refractivity contribution < 1.29 is 0 Å². The van der Waals surface area contributed by atoms with Crippen LogP contribution in [0.3, 0.4) is 0 Å². The predicted molar refractivity (Wildman–Crippen MR) is 60.9 cm³/mol. The van der Waals surface area contributed by atoms with Crippen LogP contribution in [-0.4, -0.2) is 0 Å². The molecule has 1 atom stereocenters. The van der Waals surface area contributed by atoms with Gasteiger partial charge in [-0.2, -0.15) is 0 Å². The second kappa shape index (κ2) is 4.09. The van der Waals surface area contributed by atoms with Gasteiger partial charge in [0.05, 0.1) is 0 Å². The van der Waals surface area contributed by atoms with Crippen LogP contribution in [0.2, 0.25) is 10.0 Å². The summed E-state index contributed by atoms with van der Waals surface area (Å²) in [7, 11) is 0. The molecule has 0 aromatic heterocycles. The highest BCUT2D eigenvalue weighted by Crippen LogP contribution is 2.34. The first kappa shape index (κ1) is 10.3. The lowest BCUT2D eigenvalue weighted by molar-refractivity contribution is 0.615. The minimum atomic E-state index is 0.101. The van der Waals surface area contributed by atoms with Gasteiger partial charge in [-0.3, -0.25) is 0 Å². The number of benzene rings is 1.